The van der Waals surface area contributed by atoms with Crippen molar-refractivity contribution in [3.63, 3.8) is 0 Å². The van der Waals surface area contributed by atoms with E-state index in [0.29, 0.717) is 11.7 Å². The first-order chi connectivity index (χ1) is 12.1. The van der Waals surface area contributed by atoms with E-state index in [9.17, 15) is 9.59 Å². The molecule has 2 N–H and O–H groups in total. The number of esters is 1. The number of nitrogens with one attached hydrogen (secondary N) is 2. The molecular weight excluding hydrogens is 320 g/mol. The third kappa shape index (κ3) is 6.64. The summed E-state index contributed by atoms with van der Waals surface area (Å²) in [5.41, 5.74) is 1.82. The summed E-state index contributed by atoms with van der Waals surface area (Å²) in [5.74, 6) is 0.811. The summed E-state index contributed by atoms with van der Waals surface area (Å²) >= 11 is 0. The van der Waals surface area contributed by atoms with Crippen LogP contribution in [-0.4, -0.2) is 38.7 Å². The minimum atomic E-state index is -0.422. The van der Waals surface area contributed by atoms with Gasteiger partial charge in [-0.05, 0) is 49.4 Å². The molecule has 0 radical (unpaired) electrons. The molecule has 0 bridgehead atoms. The lowest BCUT2D eigenvalue weighted by atomic mass is 9.89. The summed E-state index contributed by atoms with van der Waals surface area (Å²) in [7, 11) is 1.32. The van der Waals surface area contributed by atoms with Gasteiger partial charge in [-0.3, -0.25) is 4.79 Å². The van der Waals surface area contributed by atoms with Crippen LogP contribution in [0, 0.1) is 12.8 Å². The van der Waals surface area contributed by atoms with Gasteiger partial charge in [-0.25, -0.2) is 4.79 Å². The minimum absolute atomic E-state index is 0.0102. The summed E-state index contributed by atoms with van der Waals surface area (Å²) in [6, 6.07) is 5.43. The molecule has 0 atom stereocenters. The van der Waals surface area contributed by atoms with Gasteiger partial charge in [0.25, 0.3) is 0 Å². The number of rotatable bonds is 8. The number of methoxy groups -OCH3 is 1. The van der Waals surface area contributed by atoms with E-state index in [1.54, 1.807) is 6.07 Å². The molecule has 1 aromatic carbocycles. The van der Waals surface area contributed by atoms with Crippen LogP contribution in [0.3, 0.4) is 0 Å². The highest BCUT2D eigenvalue weighted by atomic mass is 16.6. The van der Waals surface area contributed by atoms with Gasteiger partial charge in [-0.1, -0.05) is 19.3 Å². The molecule has 1 aliphatic carbocycles. The zero-order chi connectivity index (χ0) is 18.1. The van der Waals surface area contributed by atoms with Crippen molar-refractivity contribution in [1.29, 1.82) is 0 Å². The van der Waals surface area contributed by atoms with Crippen LogP contribution in [-0.2, 0) is 14.3 Å². The number of ether oxygens (including phenoxy) is 2. The van der Waals surface area contributed by atoms with Crippen molar-refractivity contribution in [3.8, 4) is 5.75 Å². The number of anilines is 1. The van der Waals surface area contributed by atoms with Crippen LogP contribution in [0.2, 0.25) is 0 Å². The molecule has 0 unspecified atom stereocenters. The molecule has 1 fully saturated rings. The summed E-state index contributed by atoms with van der Waals surface area (Å²) < 4.78 is 9.88. The average Bonchev–Trinajstić information content (AvgIpc) is 2.64. The van der Waals surface area contributed by atoms with Gasteiger partial charge in [0.15, 0.2) is 6.61 Å². The largest absolute Gasteiger partial charge is 0.482 e. The Morgan fingerprint density at radius 1 is 1.20 bits per heavy atom. The molecule has 0 aromatic heterocycles. The van der Waals surface area contributed by atoms with Crippen LogP contribution in [0.15, 0.2) is 18.2 Å². The van der Waals surface area contributed by atoms with Crippen LogP contribution in [0.5, 0.6) is 5.75 Å². The van der Waals surface area contributed by atoms with E-state index in [4.69, 9.17) is 4.74 Å². The molecule has 0 heterocycles. The fraction of sp³-hybridized carbons (Fsp3) is 0.579. The smallest absolute Gasteiger partial charge is 0.343 e. The fourth-order valence-corrected chi connectivity index (χ4v) is 3.01. The van der Waals surface area contributed by atoms with Gasteiger partial charge in [0.05, 0.1) is 13.7 Å². The van der Waals surface area contributed by atoms with Crippen LogP contribution < -0.4 is 15.4 Å². The lowest BCUT2D eigenvalue weighted by Gasteiger charge is -2.21. The van der Waals surface area contributed by atoms with Crippen molar-refractivity contribution >= 4 is 17.6 Å². The Bertz CT molecular complexity index is 583. The van der Waals surface area contributed by atoms with Gasteiger partial charge in [-0.15, -0.1) is 0 Å². The summed E-state index contributed by atoms with van der Waals surface area (Å²) in [4.78, 5) is 23.1. The Morgan fingerprint density at radius 3 is 2.64 bits per heavy atom. The Balaban J connectivity index is 1.74. The van der Waals surface area contributed by atoms with E-state index in [-0.39, 0.29) is 19.1 Å². The van der Waals surface area contributed by atoms with Crippen molar-refractivity contribution in [1.82, 2.24) is 5.32 Å². The monoisotopic (exact) mass is 348 g/mol. The number of amides is 1. The van der Waals surface area contributed by atoms with Crippen LogP contribution >= 0.6 is 0 Å². The highest BCUT2D eigenvalue weighted by molar-refractivity contribution is 5.81. The van der Waals surface area contributed by atoms with E-state index < -0.39 is 5.97 Å². The molecule has 0 spiro atoms. The van der Waals surface area contributed by atoms with Gasteiger partial charge in [0.2, 0.25) is 5.91 Å². The predicted molar refractivity (Wildman–Crippen MR) is 96.8 cm³/mol. The quantitative estimate of drug-likeness (QED) is 0.706. The Hall–Kier alpha value is -2.24. The number of benzene rings is 1. The van der Waals surface area contributed by atoms with Gasteiger partial charge >= 0.3 is 5.97 Å². The Morgan fingerprint density at radius 2 is 1.96 bits per heavy atom. The minimum Gasteiger partial charge on any atom is -0.482 e. The second-order valence-electron chi connectivity index (χ2n) is 6.50. The maximum atomic E-state index is 12.0. The molecule has 138 valence electrons. The SMILES string of the molecule is COC(=O)COc1ccc(NCC(=O)NCC2CCCCC2)c(C)c1. The second-order valence-corrected chi connectivity index (χ2v) is 6.50. The van der Waals surface area contributed by atoms with E-state index in [0.717, 1.165) is 17.8 Å². The molecule has 6 nitrogen and oxygen atoms in total. The third-order valence-electron chi connectivity index (χ3n) is 4.53. The van der Waals surface area contributed by atoms with Crippen LogP contribution in [0.1, 0.15) is 37.7 Å². The first kappa shape index (κ1) is 19.1. The zero-order valence-electron chi connectivity index (χ0n) is 15.1. The number of hydrogen-bond donors (Lipinski definition) is 2. The molecule has 1 saturated carbocycles. The normalized spacial score (nSPS) is 14.6. The van der Waals surface area contributed by atoms with Gasteiger partial charge in [0.1, 0.15) is 5.75 Å². The maximum Gasteiger partial charge on any atom is 0.343 e. The first-order valence-corrected chi connectivity index (χ1v) is 8.89. The van der Waals surface area contributed by atoms with E-state index in [1.165, 1.54) is 39.2 Å². The van der Waals surface area contributed by atoms with E-state index in [2.05, 4.69) is 15.4 Å². The number of hydrogen-bond acceptors (Lipinski definition) is 5. The van der Waals surface area contributed by atoms with Crippen molar-refractivity contribution in [3.05, 3.63) is 23.8 Å². The molecule has 1 aliphatic rings. The van der Waals surface area contributed by atoms with Gasteiger partial charge in [0, 0.05) is 12.2 Å². The molecule has 0 saturated heterocycles. The highest BCUT2D eigenvalue weighted by Gasteiger charge is 2.14. The molecule has 1 aromatic rings. The molecule has 6 heteroatoms. The highest BCUT2D eigenvalue weighted by Crippen LogP contribution is 2.23. The van der Waals surface area contributed by atoms with Crippen LogP contribution in [0.4, 0.5) is 5.69 Å². The molecular formula is C19H28N2O4. The molecule has 0 aliphatic heterocycles. The Labute approximate surface area is 149 Å². The molecule has 1 amide bonds. The molecule has 25 heavy (non-hydrogen) atoms. The topological polar surface area (TPSA) is 76.7 Å². The van der Waals surface area contributed by atoms with Gasteiger partial charge in [-0.2, -0.15) is 0 Å². The van der Waals surface area contributed by atoms with Gasteiger partial charge < -0.3 is 20.1 Å². The number of aryl methyl sites for hydroxylation is 1. The lowest BCUT2D eigenvalue weighted by molar-refractivity contribution is -0.142. The maximum absolute atomic E-state index is 12.0. The average molecular weight is 348 g/mol. The van der Waals surface area contributed by atoms with Crippen molar-refractivity contribution < 1.29 is 19.1 Å². The first-order valence-electron chi connectivity index (χ1n) is 8.89. The standard InChI is InChI=1S/C19H28N2O4/c1-14-10-16(25-13-19(23)24-2)8-9-17(14)20-12-18(22)21-11-15-6-4-3-5-7-15/h8-10,15,20H,3-7,11-13H2,1-2H3,(H,21,22). The zero-order valence-corrected chi connectivity index (χ0v) is 15.1. The van der Waals surface area contributed by atoms with E-state index in [1.807, 2.05) is 19.1 Å². The second kappa shape index (κ2) is 9.91. The van der Waals surface area contributed by atoms with Crippen LogP contribution in [0.25, 0.3) is 0 Å². The number of carbonyl (C=O) groups excluding carboxylic acids is 2. The summed E-state index contributed by atoms with van der Waals surface area (Å²) in [6.45, 7) is 2.83. The lowest BCUT2D eigenvalue weighted by Crippen LogP contribution is -2.34. The molecule has 2 rings (SSSR count). The third-order valence-corrected chi connectivity index (χ3v) is 4.53. The fourth-order valence-electron chi connectivity index (χ4n) is 3.01. The Kier molecular flexibility index (Phi) is 7.57. The predicted octanol–water partition coefficient (Wildman–Crippen LogP) is 2.66. The number of carbonyl (C=O) groups is 2. The summed E-state index contributed by atoms with van der Waals surface area (Å²) in [5, 5.41) is 6.16. The summed E-state index contributed by atoms with van der Waals surface area (Å²) in [6.07, 6.45) is 6.33. The van der Waals surface area contributed by atoms with Crippen molar-refractivity contribution in [2.75, 3.05) is 32.1 Å². The van der Waals surface area contributed by atoms with E-state index >= 15 is 0 Å². The van der Waals surface area contributed by atoms with Crippen molar-refractivity contribution in [2.45, 2.75) is 39.0 Å². The van der Waals surface area contributed by atoms with Crippen molar-refractivity contribution in [2.24, 2.45) is 5.92 Å².